The molecule has 0 N–H and O–H groups in total. The maximum absolute atomic E-state index is 10.4. The molecule has 1 amide bonds. The average Bonchev–Trinajstić information content (AvgIpc) is 2.15. The van der Waals surface area contributed by atoms with Crippen LogP contribution in [0.15, 0.2) is 0 Å². The van der Waals surface area contributed by atoms with Crippen molar-refractivity contribution in [1.29, 1.82) is 0 Å². The van der Waals surface area contributed by atoms with Gasteiger partial charge in [0.2, 0.25) is 6.41 Å². The molecule has 0 bridgehead atoms. The molecule has 1 fully saturated rings. The predicted molar refractivity (Wildman–Crippen MR) is 52.5 cm³/mol. The van der Waals surface area contributed by atoms with Crippen LogP contribution in [0.3, 0.4) is 0 Å². The Labute approximate surface area is 79.1 Å². The Balaban J connectivity index is 2.12. The molecule has 0 unspecified atom stereocenters. The van der Waals surface area contributed by atoms with E-state index < -0.39 is 0 Å². The molecule has 1 rings (SSSR count). The maximum atomic E-state index is 10.4. The van der Waals surface area contributed by atoms with E-state index in [1.54, 1.807) is 0 Å². The van der Waals surface area contributed by atoms with Crippen molar-refractivity contribution in [3.63, 3.8) is 0 Å². The van der Waals surface area contributed by atoms with E-state index in [0.29, 0.717) is 0 Å². The Morgan fingerprint density at radius 1 is 1.25 bits per heavy atom. The van der Waals surface area contributed by atoms with Crippen molar-refractivity contribution >= 4 is 19.0 Å². The molecule has 4 heteroatoms. The maximum Gasteiger partial charge on any atom is 0.209 e. The van der Waals surface area contributed by atoms with Crippen LogP contribution in [0.1, 0.15) is 6.42 Å². The minimum atomic E-state index is 0.885. The van der Waals surface area contributed by atoms with Gasteiger partial charge in [0, 0.05) is 26.2 Å². The van der Waals surface area contributed by atoms with E-state index in [1.165, 1.54) is 0 Å². The van der Waals surface area contributed by atoms with Crippen LogP contribution >= 0.6 is 12.6 Å². The Morgan fingerprint density at radius 2 is 1.92 bits per heavy atom. The summed E-state index contributed by atoms with van der Waals surface area (Å²) in [7, 11) is 0. The molecule has 0 aromatic rings. The van der Waals surface area contributed by atoms with Crippen molar-refractivity contribution in [2.45, 2.75) is 6.42 Å². The molecular weight excluding hydrogens is 172 g/mol. The van der Waals surface area contributed by atoms with Crippen molar-refractivity contribution < 1.29 is 4.79 Å². The highest BCUT2D eigenvalue weighted by atomic mass is 32.1. The van der Waals surface area contributed by atoms with Crippen molar-refractivity contribution in [2.24, 2.45) is 0 Å². The van der Waals surface area contributed by atoms with Crippen LogP contribution in [0.25, 0.3) is 0 Å². The summed E-state index contributed by atoms with van der Waals surface area (Å²) < 4.78 is 0. The molecule has 3 nitrogen and oxygen atoms in total. The van der Waals surface area contributed by atoms with E-state index in [4.69, 9.17) is 0 Å². The SMILES string of the molecule is O=CN1CCN(CCCS)CC1. The lowest BCUT2D eigenvalue weighted by Gasteiger charge is -2.32. The molecule has 1 saturated heterocycles. The second-order valence-electron chi connectivity index (χ2n) is 3.06. The Morgan fingerprint density at radius 3 is 2.42 bits per heavy atom. The molecule has 0 atom stereocenters. The standard InChI is InChI=1S/C8H16N2OS/c11-8-10-5-3-9(4-6-10)2-1-7-12/h8,12H,1-7H2. The highest BCUT2D eigenvalue weighted by molar-refractivity contribution is 7.80. The number of hydrogen-bond acceptors (Lipinski definition) is 3. The molecule has 1 heterocycles. The van der Waals surface area contributed by atoms with Crippen LogP contribution in [0.2, 0.25) is 0 Å². The third-order valence-electron chi connectivity index (χ3n) is 2.19. The summed E-state index contributed by atoms with van der Waals surface area (Å²) in [6, 6.07) is 0. The fourth-order valence-electron chi connectivity index (χ4n) is 1.39. The molecule has 0 aliphatic carbocycles. The van der Waals surface area contributed by atoms with Gasteiger partial charge in [0.1, 0.15) is 0 Å². The van der Waals surface area contributed by atoms with Crippen LogP contribution in [0.5, 0.6) is 0 Å². The van der Waals surface area contributed by atoms with Crippen molar-refractivity contribution in [3.05, 3.63) is 0 Å². The molecule has 0 aromatic carbocycles. The quantitative estimate of drug-likeness (QED) is 0.499. The fraction of sp³-hybridized carbons (Fsp3) is 0.875. The van der Waals surface area contributed by atoms with E-state index in [-0.39, 0.29) is 0 Å². The van der Waals surface area contributed by atoms with Crippen molar-refractivity contribution in [2.75, 3.05) is 38.5 Å². The van der Waals surface area contributed by atoms with Crippen LogP contribution in [0.4, 0.5) is 0 Å². The highest BCUT2D eigenvalue weighted by Crippen LogP contribution is 2.00. The number of nitrogens with zero attached hydrogens (tertiary/aromatic N) is 2. The van der Waals surface area contributed by atoms with Gasteiger partial charge < -0.3 is 4.90 Å². The van der Waals surface area contributed by atoms with E-state index in [1.807, 2.05) is 4.90 Å². The first-order valence-corrected chi connectivity index (χ1v) is 5.02. The van der Waals surface area contributed by atoms with Gasteiger partial charge in [-0.05, 0) is 18.7 Å². The number of piperazine rings is 1. The highest BCUT2D eigenvalue weighted by Gasteiger charge is 2.13. The summed E-state index contributed by atoms with van der Waals surface area (Å²) >= 11 is 4.16. The van der Waals surface area contributed by atoms with E-state index in [2.05, 4.69) is 17.5 Å². The van der Waals surface area contributed by atoms with Crippen molar-refractivity contribution in [1.82, 2.24) is 9.80 Å². The van der Waals surface area contributed by atoms with Gasteiger partial charge in [-0.25, -0.2) is 0 Å². The Kier molecular flexibility index (Phi) is 4.46. The minimum absolute atomic E-state index is 0.885. The summed E-state index contributed by atoms with van der Waals surface area (Å²) in [5.41, 5.74) is 0. The van der Waals surface area contributed by atoms with Gasteiger partial charge >= 0.3 is 0 Å². The number of thiol groups is 1. The topological polar surface area (TPSA) is 23.6 Å². The van der Waals surface area contributed by atoms with E-state index >= 15 is 0 Å². The monoisotopic (exact) mass is 188 g/mol. The molecule has 0 saturated carbocycles. The number of rotatable bonds is 4. The van der Waals surface area contributed by atoms with Gasteiger partial charge in [0.15, 0.2) is 0 Å². The summed E-state index contributed by atoms with van der Waals surface area (Å²) in [5, 5.41) is 0. The van der Waals surface area contributed by atoms with Crippen LogP contribution < -0.4 is 0 Å². The molecular formula is C8H16N2OS. The Hall–Kier alpha value is -0.220. The van der Waals surface area contributed by atoms with E-state index in [0.717, 1.165) is 51.3 Å². The predicted octanol–water partition coefficient (Wildman–Crippen LogP) is 0.0803. The normalized spacial score (nSPS) is 19.6. The van der Waals surface area contributed by atoms with Crippen molar-refractivity contribution in [3.8, 4) is 0 Å². The summed E-state index contributed by atoms with van der Waals surface area (Å²) in [6.45, 7) is 4.93. The van der Waals surface area contributed by atoms with Gasteiger partial charge in [-0.3, -0.25) is 9.69 Å². The van der Waals surface area contributed by atoms with Gasteiger partial charge in [0.25, 0.3) is 0 Å². The summed E-state index contributed by atoms with van der Waals surface area (Å²) in [4.78, 5) is 14.6. The van der Waals surface area contributed by atoms with Gasteiger partial charge in [-0.15, -0.1) is 0 Å². The molecule has 1 aliphatic heterocycles. The molecule has 0 spiro atoms. The lowest BCUT2D eigenvalue weighted by Crippen LogP contribution is -2.45. The first-order chi connectivity index (χ1) is 5.86. The number of carbonyl (C=O) groups excluding carboxylic acids is 1. The lowest BCUT2D eigenvalue weighted by molar-refractivity contribution is -0.119. The van der Waals surface area contributed by atoms with Crippen LogP contribution in [0, 0.1) is 0 Å². The zero-order valence-corrected chi connectivity index (χ0v) is 8.17. The minimum Gasteiger partial charge on any atom is -0.343 e. The smallest absolute Gasteiger partial charge is 0.209 e. The number of hydrogen-bond donors (Lipinski definition) is 1. The second kappa shape index (κ2) is 5.43. The number of carbonyl (C=O) groups is 1. The zero-order valence-electron chi connectivity index (χ0n) is 7.28. The molecule has 0 aromatic heterocycles. The summed E-state index contributed by atoms with van der Waals surface area (Å²) in [5.74, 6) is 0.952. The van der Waals surface area contributed by atoms with Gasteiger partial charge in [-0.2, -0.15) is 12.6 Å². The van der Waals surface area contributed by atoms with Gasteiger partial charge in [-0.1, -0.05) is 0 Å². The second-order valence-corrected chi connectivity index (χ2v) is 3.51. The zero-order chi connectivity index (χ0) is 8.81. The van der Waals surface area contributed by atoms with E-state index in [9.17, 15) is 4.79 Å². The third-order valence-corrected chi connectivity index (χ3v) is 2.50. The van der Waals surface area contributed by atoms with Gasteiger partial charge in [0.05, 0.1) is 0 Å². The van der Waals surface area contributed by atoms with Crippen LogP contribution in [-0.2, 0) is 4.79 Å². The fourth-order valence-corrected chi connectivity index (χ4v) is 1.53. The summed E-state index contributed by atoms with van der Waals surface area (Å²) in [6.07, 6.45) is 2.08. The Bertz CT molecular complexity index is 135. The largest absolute Gasteiger partial charge is 0.343 e. The molecule has 0 radical (unpaired) electrons. The third kappa shape index (κ3) is 3.03. The average molecular weight is 188 g/mol. The first kappa shape index (κ1) is 9.86. The first-order valence-electron chi connectivity index (χ1n) is 4.39. The molecule has 12 heavy (non-hydrogen) atoms. The van der Waals surface area contributed by atoms with Crippen LogP contribution in [-0.4, -0.2) is 54.7 Å². The lowest BCUT2D eigenvalue weighted by atomic mass is 10.3. The molecule has 70 valence electrons. The molecule has 1 aliphatic rings. The number of amides is 1.